The van der Waals surface area contributed by atoms with Gasteiger partial charge in [-0.2, -0.15) is 0 Å². The van der Waals surface area contributed by atoms with Crippen molar-refractivity contribution in [2.24, 2.45) is 5.92 Å². The van der Waals surface area contributed by atoms with Crippen LogP contribution in [0, 0.1) is 5.92 Å². The SMILES string of the molecule is CCCCCCCC1C(=O)C=C(CC/C=C/c2cc(O)ccc2O)OC1=O. The van der Waals surface area contributed by atoms with Crippen molar-refractivity contribution < 1.29 is 24.5 Å². The van der Waals surface area contributed by atoms with E-state index in [1.165, 1.54) is 30.7 Å². The second-order valence-electron chi connectivity index (χ2n) is 6.87. The number of phenols is 2. The van der Waals surface area contributed by atoms with E-state index in [0.29, 0.717) is 30.6 Å². The zero-order valence-corrected chi connectivity index (χ0v) is 15.8. The number of allylic oxidation sites excluding steroid dienone is 3. The van der Waals surface area contributed by atoms with Gasteiger partial charge < -0.3 is 14.9 Å². The highest BCUT2D eigenvalue weighted by molar-refractivity contribution is 6.07. The van der Waals surface area contributed by atoms with Crippen molar-refractivity contribution in [2.45, 2.75) is 58.3 Å². The minimum Gasteiger partial charge on any atom is -0.508 e. The van der Waals surface area contributed by atoms with Crippen molar-refractivity contribution >= 4 is 17.8 Å². The predicted molar refractivity (Wildman–Crippen MR) is 104 cm³/mol. The van der Waals surface area contributed by atoms with E-state index in [0.717, 1.165) is 25.7 Å². The summed E-state index contributed by atoms with van der Waals surface area (Å²) in [6, 6.07) is 4.28. The molecule has 0 bridgehead atoms. The number of cyclic esters (lactones) is 1. The zero-order chi connectivity index (χ0) is 19.6. The molecule has 0 saturated heterocycles. The van der Waals surface area contributed by atoms with Crippen molar-refractivity contribution in [1.82, 2.24) is 0 Å². The summed E-state index contributed by atoms with van der Waals surface area (Å²) in [5.74, 6) is -0.729. The molecule has 1 unspecified atom stereocenters. The first-order valence-corrected chi connectivity index (χ1v) is 9.66. The number of ether oxygens (including phenoxy) is 1. The Labute approximate surface area is 160 Å². The highest BCUT2D eigenvalue weighted by Crippen LogP contribution is 2.25. The van der Waals surface area contributed by atoms with Gasteiger partial charge in [-0.1, -0.05) is 51.2 Å². The summed E-state index contributed by atoms with van der Waals surface area (Å²) in [6.07, 6.45) is 11.8. The minimum absolute atomic E-state index is 0.0719. The van der Waals surface area contributed by atoms with Crippen LogP contribution in [0.1, 0.15) is 63.9 Å². The van der Waals surface area contributed by atoms with Gasteiger partial charge in [0, 0.05) is 18.1 Å². The molecule has 2 rings (SSSR count). The molecule has 1 aromatic carbocycles. The summed E-state index contributed by atoms with van der Waals surface area (Å²) >= 11 is 0. The smallest absolute Gasteiger partial charge is 0.321 e. The van der Waals surface area contributed by atoms with Gasteiger partial charge in [0.25, 0.3) is 0 Å². The van der Waals surface area contributed by atoms with Gasteiger partial charge >= 0.3 is 5.97 Å². The molecule has 0 aliphatic carbocycles. The number of aromatic hydroxyl groups is 2. The molecule has 1 atom stereocenters. The molecule has 1 aliphatic heterocycles. The molecule has 0 radical (unpaired) electrons. The van der Waals surface area contributed by atoms with Crippen LogP contribution in [0.15, 0.2) is 36.1 Å². The second-order valence-corrected chi connectivity index (χ2v) is 6.87. The van der Waals surface area contributed by atoms with Crippen LogP contribution in [0.25, 0.3) is 6.08 Å². The molecule has 0 saturated carbocycles. The third kappa shape index (κ3) is 6.59. The summed E-state index contributed by atoms with van der Waals surface area (Å²) in [5.41, 5.74) is 0.504. The molecule has 0 amide bonds. The van der Waals surface area contributed by atoms with Crippen LogP contribution in [0.3, 0.4) is 0 Å². The van der Waals surface area contributed by atoms with Gasteiger partial charge in [-0.25, -0.2) is 0 Å². The largest absolute Gasteiger partial charge is 0.508 e. The maximum Gasteiger partial charge on any atom is 0.321 e. The van der Waals surface area contributed by atoms with Gasteiger partial charge in [-0.15, -0.1) is 0 Å². The Morgan fingerprint density at radius 3 is 2.63 bits per heavy atom. The Balaban J connectivity index is 1.81. The van der Waals surface area contributed by atoms with E-state index in [1.807, 2.05) is 0 Å². The van der Waals surface area contributed by atoms with E-state index < -0.39 is 11.9 Å². The summed E-state index contributed by atoms with van der Waals surface area (Å²) < 4.78 is 5.32. The quantitative estimate of drug-likeness (QED) is 0.265. The van der Waals surface area contributed by atoms with Crippen LogP contribution in [0.4, 0.5) is 0 Å². The molecule has 27 heavy (non-hydrogen) atoms. The summed E-state index contributed by atoms with van der Waals surface area (Å²) in [6.45, 7) is 2.15. The average Bonchev–Trinajstić information content (AvgIpc) is 2.63. The molecule has 0 spiro atoms. The van der Waals surface area contributed by atoms with Crippen LogP contribution in [0.5, 0.6) is 11.5 Å². The summed E-state index contributed by atoms with van der Waals surface area (Å²) in [5, 5.41) is 19.1. The second kappa shape index (κ2) is 10.6. The number of carbonyl (C=O) groups excluding carboxylic acids is 2. The Morgan fingerprint density at radius 2 is 1.89 bits per heavy atom. The normalized spacial score (nSPS) is 17.2. The van der Waals surface area contributed by atoms with E-state index in [9.17, 15) is 19.8 Å². The molecule has 0 aromatic heterocycles. The van der Waals surface area contributed by atoms with E-state index in [2.05, 4.69) is 6.92 Å². The fraction of sp³-hybridized carbons (Fsp3) is 0.455. The van der Waals surface area contributed by atoms with Gasteiger partial charge in [0.2, 0.25) is 0 Å². The third-order valence-electron chi connectivity index (χ3n) is 4.63. The predicted octanol–water partition coefficient (Wildman–Crippen LogP) is 4.88. The lowest BCUT2D eigenvalue weighted by atomic mass is 9.94. The molecular weight excluding hydrogens is 344 g/mol. The minimum atomic E-state index is -0.657. The molecule has 5 heteroatoms. The maximum atomic E-state index is 12.2. The molecule has 5 nitrogen and oxygen atoms in total. The Morgan fingerprint density at radius 1 is 1.11 bits per heavy atom. The number of benzene rings is 1. The molecule has 1 aliphatic rings. The standard InChI is InChI=1S/C22H28O5/c1-2-3-4-5-6-11-19-21(25)15-18(27-22(19)26)10-8-7-9-16-14-17(23)12-13-20(16)24/h7,9,12-15,19,23-24H,2-6,8,10-11H2,1H3/b9-7+. The van der Waals surface area contributed by atoms with Crippen LogP contribution in [-0.4, -0.2) is 22.0 Å². The topological polar surface area (TPSA) is 83.8 Å². The number of phenolic OH excluding ortho intramolecular Hbond substituents is 2. The monoisotopic (exact) mass is 372 g/mol. The van der Waals surface area contributed by atoms with Crippen LogP contribution >= 0.6 is 0 Å². The summed E-state index contributed by atoms with van der Waals surface area (Å²) in [4.78, 5) is 24.3. The molecule has 1 aromatic rings. The van der Waals surface area contributed by atoms with E-state index >= 15 is 0 Å². The first-order valence-electron chi connectivity index (χ1n) is 9.66. The number of ketones is 1. The van der Waals surface area contributed by atoms with Crippen molar-refractivity contribution in [1.29, 1.82) is 0 Å². The first-order chi connectivity index (χ1) is 13.0. The van der Waals surface area contributed by atoms with E-state index in [1.54, 1.807) is 12.2 Å². The molecule has 146 valence electrons. The Bertz CT molecular complexity index is 717. The number of hydrogen-bond donors (Lipinski definition) is 2. The lowest BCUT2D eigenvalue weighted by Gasteiger charge is -2.19. The fourth-order valence-electron chi connectivity index (χ4n) is 3.05. The van der Waals surface area contributed by atoms with Crippen molar-refractivity contribution in [3.8, 4) is 11.5 Å². The van der Waals surface area contributed by atoms with Gasteiger partial charge in [0.05, 0.1) is 0 Å². The highest BCUT2D eigenvalue weighted by atomic mass is 16.5. The lowest BCUT2D eigenvalue weighted by Crippen LogP contribution is -2.29. The Hall–Kier alpha value is -2.56. The van der Waals surface area contributed by atoms with Crippen molar-refractivity contribution in [3.63, 3.8) is 0 Å². The summed E-state index contributed by atoms with van der Waals surface area (Å²) in [7, 11) is 0. The fourth-order valence-corrected chi connectivity index (χ4v) is 3.05. The zero-order valence-electron chi connectivity index (χ0n) is 15.8. The molecular formula is C22H28O5. The number of unbranched alkanes of at least 4 members (excludes halogenated alkanes) is 4. The molecule has 0 fully saturated rings. The van der Waals surface area contributed by atoms with Gasteiger partial charge in [-0.3, -0.25) is 9.59 Å². The van der Waals surface area contributed by atoms with Gasteiger partial charge in [-0.05, 0) is 31.0 Å². The molecule has 1 heterocycles. The number of hydrogen-bond acceptors (Lipinski definition) is 5. The van der Waals surface area contributed by atoms with E-state index in [-0.39, 0.29) is 17.3 Å². The Kier molecular flexibility index (Phi) is 8.11. The average molecular weight is 372 g/mol. The highest BCUT2D eigenvalue weighted by Gasteiger charge is 2.31. The van der Waals surface area contributed by atoms with Gasteiger partial charge in [0.15, 0.2) is 5.78 Å². The number of carbonyl (C=O) groups is 2. The first kappa shape index (κ1) is 20.7. The van der Waals surface area contributed by atoms with Crippen LogP contribution in [-0.2, 0) is 14.3 Å². The maximum absolute atomic E-state index is 12.2. The third-order valence-corrected chi connectivity index (χ3v) is 4.63. The van der Waals surface area contributed by atoms with E-state index in [4.69, 9.17) is 4.74 Å². The van der Waals surface area contributed by atoms with Crippen LogP contribution in [0.2, 0.25) is 0 Å². The van der Waals surface area contributed by atoms with Crippen LogP contribution < -0.4 is 0 Å². The van der Waals surface area contributed by atoms with Crippen molar-refractivity contribution in [3.05, 3.63) is 41.7 Å². The van der Waals surface area contributed by atoms with Crippen molar-refractivity contribution in [2.75, 3.05) is 0 Å². The molecule has 2 N–H and O–H groups in total. The number of rotatable bonds is 10. The number of esters is 1. The van der Waals surface area contributed by atoms with Gasteiger partial charge in [0.1, 0.15) is 23.2 Å². The lowest BCUT2D eigenvalue weighted by molar-refractivity contribution is -0.149.